The third-order valence-electron chi connectivity index (χ3n) is 2.47. The summed E-state index contributed by atoms with van der Waals surface area (Å²) < 4.78 is 27.8. The molecule has 0 saturated carbocycles. The Labute approximate surface area is 118 Å². The molecule has 0 saturated heterocycles. The van der Waals surface area contributed by atoms with Crippen molar-refractivity contribution in [3.63, 3.8) is 0 Å². The Morgan fingerprint density at radius 2 is 2.10 bits per heavy atom. The van der Waals surface area contributed by atoms with Crippen LogP contribution in [0, 0.1) is 0 Å². The lowest BCUT2D eigenvalue weighted by molar-refractivity contribution is 0.217. The number of nitrogens with zero attached hydrogens (tertiary/aromatic N) is 3. The lowest BCUT2D eigenvalue weighted by Gasteiger charge is -2.12. The van der Waals surface area contributed by atoms with E-state index in [-0.39, 0.29) is 29.8 Å². The highest BCUT2D eigenvalue weighted by molar-refractivity contribution is 7.89. The van der Waals surface area contributed by atoms with Crippen LogP contribution in [0.2, 0.25) is 0 Å². The normalized spacial score (nSPS) is 11.3. The van der Waals surface area contributed by atoms with Crippen molar-refractivity contribution in [1.82, 2.24) is 24.7 Å². The van der Waals surface area contributed by atoms with Gasteiger partial charge in [0.1, 0.15) is 4.90 Å². The molecule has 1 rings (SSSR count). The van der Waals surface area contributed by atoms with Gasteiger partial charge in [-0.25, -0.2) is 17.9 Å². The van der Waals surface area contributed by atoms with E-state index in [4.69, 9.17) is 5.73 Å². The maximum absolute atomic E-state index is 12.0. The molecule has 9 nitrogen and oxygen atoms in total. The first kappa shape index (κ1) is 16.2. The van der Waals surface area contributed by atoms with Gasteiger partial charge in [-0.05, 0) is 6.92 Å². The molecule has 0 aromatic carbocycles. The quantitative estimate of drug-likeness (QED) is 0.584. The van der Waals surface area contributed by atoms with E-state index in [1.807, 2.05) is 6.92 Å². The summed E-state index contributed by atoms with van der Waals surface area (Å²) in [7, 11) is -0.529. The van der Waals surface area contributed by atoms with E-state index in [2.05, 4.69) is 15.1 Å². The van der Waals surface area contributed by atoms with Gasteiger partial charge in [0.2, 0.25) is 10.0 Å². The lowest BCUT2D eigenvalue weighted by atomic mass is 10.6. The highest BCUT2D eigenvalue weighted by atomic mass is 32.2. The summed E-state index contributed by atoms with van der Waals surface area (Å²) in [4.78, 5) is 12.5. The Morgan fingerprint density at radius 3 is 2.60 bits per heavy atom. The van der Waals surface area contributed by atoms with Gasteiger partial charge in [-0.3, -0.25) is 4.68 Å². The van der Waals surface area contributed by atoms with Crippen LogP contribution in [0.5, 0.6) is 0 Å². The first-order valence-electron chi connectivity index (χ1n) is 6.05. The molecule has 0 fully saturated rings. The Kier molecular flexibility index (Phi) is 5.34. The number of nitrogens with one attached hydrogen (secondary N) is 2. The number of urea groups is 1. The topological polar surface area (TPSA) is 122 Å². The van der Waals surface area contributed by atoms with Gasteiger partial charge in [0.25, 0.3) is 0 Å². The third-order valence-corrected chi connectivity index (χ3v) is 3.95. The van der Waals surface area contributed by atoms with Gasteiger partial charge in [-0.15, -0.1) is 0 Å². The molecular formula is C10H20N6O3S. The van der Waals surface area contributed by atoms with Crippen molar-refractivity contribution >= 4 is 21.9 Å². The number of rotatable bonds is 6. The summed E-state index contributed by atoms with van der Waals surface area (Å²) >= 11 is 0. The number of nitrogen functional groups attached to an aromatic ring is 1. The van der Waals surface area contributed by atoms with E-state index in [0.29, 0.717) is 6.54 Å². The van der Waals surface area contributed by atoms with Gasteiger partial charge in [0.15, 0.2) is 5.82 Å². The second-order valence-corrected chi connectivity index (χ2v) is 5.99. The molecule has 114 valence electrons. The minimum Gasteiger partial charge on any atom is -0.381 e. The molecule has 0 radical (unpaired) electrons. The average Bonchev–Trinajstić information content (AvgIpc) is 2.76. The molecule has 0 bridgehead atoms. The third kappa shape index (κ3) is 4.10. The molecule has 1 aromatic rings. The number of aromatic nitrogens is 2. The zero-order valence-corrected chi connectivity index (χ0v) is 12.6. The summed E-state index contributed by atoms with van der Waals surface area (Å²) in [6.07, 6.45) is 1.37. The summed E-state index contributed by atoms with van der Waals surface area (Å²) in [5.41, 5.74) is 5.57. The molecule has 1 aromatic heterocycles. The minimum atomic E-state index is -3.72. The van der Waals surface area contributed by atoms with Crippen LogP contribution in [0.1, 0.15) is 6.92 Å². The maximum Gasteiger partial charge on any atom is 0.316 e. The average molecular weight is 304 g/mol. The van der Waals surface area contributed by atoms with Gasteiger partial charge in [0, 0.05) is 39.9 Å². The Bertz CT molecular complexity index is 566. The van der Waals surface area contributed by atoms with Crippen LogP contribution >= 0.6 is 0 Å². The fourth-order valence-corrected chi connectivity index (χ4v) is 2.48. The van der Waals surface area contributed by atoms with Crippen LogP contribution in [-0.2, 0) is 16.6 Å². The second-order valence-electron chi connectivity index (χ2n) is 4.26. The largest absolute Gasteiger partial charge is 0.381 e. The van der Waals surface area contributed by atoms with Crippen molar-refractivity contribution in [3.8, 4) is 0 Å². The highest BCUT2D eigenvalue weighted by Crippen LogP contribution is 2.15. The summed E-state index contributed by atoms with van der Waals surface area (Å²) in [5.74, 6) is -0.0447. The molecule has 2 amide bonds. The predicted molar refractivity (Wildman–Crippen MR) is 74.6 cm³/mol. The molecule has 1 heterocycles. The van der Waals surface area contributed by atoms with E-state index < -0.39 is 10.0 Å². The van der Waals surface area contributed by atoms with E-state index in [1.54, 1.807) is 14.1 Å². The van der Waals surface area contributed by atoms with Crippen LogP contribution < -0.4 is 15.8 Å². The first-order chi connectivity index (χ1) is 9.27. The Hall–Kier alpha value is -1.81. The van der Waals surface area contributed by atoms with Gasteiger partial charge >= 0.3 is 6.03 Å². The molecule has 0 aliphatic heterocycles. The number of hydrogen-bond acceptors (Lipinski definition) is 5. The van der Waals surface area contributed by atoms with Crippen molar-refractivity contribution < 1.29 is 13.2 Å². The molecule has 0 atom stereocenters. The Balaban J connectivity index is 2.58. The highest BCUT2D eigenvalue weighted by Gasteiger charge is 2.20. The van der Waals surface area contributed by atoms with Crippen LogP contribution in [0.3, 0.4) is 0 Å². The lowest BCUT2D eigenvalue weighted by Crippen LogP contribution is -2.39. The van der Waals surface area contributed by atoms with E-state index >= 15 is 0 Å². The maximum atomic E-state index is 12.0. The molecule has 10 heteroatoms. The SMILES string of the molecule is CCn1cc(S(=O)(=O)NCCNC(=O)N(C)C)c(N)n1. The zero-order chi connectivity index (χ0) is 15.3. The number of sulfonamides is 1. The number of carbonyl (C=O) groups excluding carboxylic acids is 1. The van der Waals surface area contributed by atoms with Gasteiger partial charge in [-0.1, -0.05) is 0 Å². The second kappa shape index (κ2) is 6.57. The predicted octanol–water partition coefficient (Wildman–Crippen LogP) is -0.965. The fraction of sp³-hybridized carbons (Fsp3) is 0.600. The summed E-state index contributed by atoms with van der Waals surface area (Å²) in [6.45, 7) is 2.60. The molecule has 0 unspecified atom stereocenters. The van der Waals surface area contributed by atoms with Gasteiger partial charge in [-0.2, -0.15) is 5.10 Å². The molecule has 20 heavy (non-hydrogen) atoms. The number of aryl methyl sites for hydroxylation is 1. The van der Waals surface area contributed by atoms with Crippen LogP contribution in [-0.4, -0.2) is 56.3 Å². The number of hydrogen-bond donors (Lipinski definition) is 3. The summed E-state index contributed by atoms with van der Waals surface area (Å²) in [5, 5.41) is 6.42. The van der Waals surface area contributed by atoms with Crippen LogP contribution in [0.25, 0.3) is 0 Å². The molecular weight excluding hydrogens is 284 g/mol. The molecule has 4 N–H and O–H groups in total. The zero-order valence-electron chi connectivity index (χ0n) is 11.8. The van der Waals surface area contributed by atoms with Crippen LogP contribution in [0.15, 0.2) is 11.1 Å². The van der Waals surface area contributed by atoms with Crippen molar-refractivity contribution in [2.75, 3.05) is 32.9 Å². The van der Waals surface area contributed by atoms with Crippen LogP contribution in [0.4, 0.5) is 10.6 Å². The van der Waals surface area contributed by atoms with Crippen molar-refractivity contribution in [1.29, 1.82) is 0 Å². The van der Waals surface area contributed by atoms with Crippen molar-refractivity contribution in [3.05, 3.63) is 6.20 Å². The number of carbonyl (C=O) groups is 1. The van der Waals surface area contributed by atoms with Gasteiger partial charge < -0.3 is 16.0 Å². The number of anilines is 1. The standard InChI is InChI=1S/C10H20N6O3S/c1-4-16-7-8(9(11)14-16)20(18,19)13-6-5-12-10(17)15(2)3/h7,13H,4-6H2,1-3H3,(H2,11,14)(H,12,17). The minimum absolute atomic E-state index is 0.0447. The van der Waals surface area contributed by atoms with E-state index in [1.165, 1.54) is 15.8 Å². The molecule has 0 aliphatic rings. The first-order valence-corrected chi connectivity index (χ1v) is 7.54. The van der Waals surface area contributed by atoms with E-state index in [0.717, 1.165) is 0 Å². The molecule has 0 aliphatic carbocycles. The van der Waals surface area contributed by atoms with E-state index in [9.17, 15) is 13.2 Å². The number of amides is 2. The van der Waals surface area contributed by atoms with Crippen molar-refractivity contribution in [2.24, 2.45) is 0 Å². The van der Waals surface area contributed by atoms with Crippen molar-refractivity contribution in [2.45, 2.75) is 18.4 Å². The number of nitrogens with two attached hydrogens (primary N) is 1. The van der Waals surface area contributed by atoms with Gasteiger partial charge in [0.05, 0.1) is 0 Å². The monoisotopic (exact) mass is 304 g/mol. The smallest absolute Gasteiger partial charge is 0.316 e. The summed E-state index contributed by atoms with van der Waals surface area (Å²) in [6, 6.07) is -0.289. The fourth-order valence-electron chi connectivity index (χ4n) is 1.38. The molecule has 0 spiro atoms. The Morgan fingerprint density at radius 1 is 1.45 bits per heavy atom.